The summed E-state index contributed by atoms with van der Waals surface area (Å²) < 4.78 is 25.8. The second kappa shape index (κ2) is 5.26. The average molecular weight is 315 g/mol. The number of carbonyl (C=O) groups is 2. The van der Waals surface area contributed by atoms with E-state index in [9.17, 15) is 18.4 Å². The van der Waals surface area contributed by atoms with Crippen LogP contribution in [-0.4, -0.2) is 46.9 Å². The molecule has 2 aliphatic heterocycles. The van der Waals surface area contributed by atoms with Crippen molar-refractivity contribution in [1.82, 2.24) is 9.80 Å². The number of amides is 2. The van der Waals surface area contributed by atoms with Gasteiger partial charge >= 0.3 is 0 Å². The van der Waals surface area contributed by atoms with Crippen LogP contribution in [-0.2, 0) is 11.3 Å². The fourth-order valence-corrected chi connectivity index (χ4v) is 2.95. The van der Waals surface area contributed by atoms with Crippen LogP contribution in [0.15, 0.2) is 18.2 Å². The maximum Gasteiger partial charge on any atom is 0.272 e. The van der Waals surface area contributed by atoms with Gasteiger partial charge in [0.15, 0.2) is 0 Å². The van der Waals surface area contributed by atoms with Crippen LogP contribution in [0.25, 0.3) is 0 Å². The van der Waals surface area contributed by atoms with E-state index in [1.807, 2.05) is 0 Å². The molecule has 2 amide bonds. The zero-order valence-corrected chi connectivity index (χ0v) is 11.8. The Kier molecular flexibility index (Phi) is 3.57. The molecule has 0 radical (unpaired) electrons. The Hall–Kier alpha value is -1.69. The smallest absolute Gasteiger partial charge is 0.272 e. The third-order valence-electron chi connectivity index (χ3n) is 3.88. The van der Waals surface area contributed by atoms with Crippen LogP contribution in [0.2, 0.25) is 0 Å². The van der Waals surface area contributed by atoms with Crippen molar-refractivity contribution in [3.05, 3.63) is 35.1 Å². The molecule has 1 unspecified atom stereocenters. The fourth-order valence-electron chi connectivity index (χ4n) is 2.81. The molecule has 21 heavy (non-hydrogen) atoms. The highest BCUT2D eigenvalue weighted by atomic mass is 35.5. The fraction of sp³-hybridized carbons (Fsp3) is 0.429. The third kappa shape index (κ3) is 2.60. The Labute approximate surface area is 125 Å². The predicted octanol–water partition coefficient (Wildman–Crippen LogP) is 1.77. The standard InChI is InChI=1S/C14H13ClF2N2O2/c15-12(17)14(21)18-4-8(5-18)6-19-7-9-3-10(16)1-2-11(9)13(19)20/h1-3,8,12H,4-7H2. The van der Waals surface area contributed by atoms with E-state index < -0.39 is 11.5 Å². The molecule has 1 atom stereocenters. The molecule has 0 aliphatic carbocycles. The molecule has 0 saturated carbocycles. The van der Waals surface area contributed by atoms with Gasteiger partial charge in [0.2, 0.25) is 0 Å². The number of carbonyl (C=O) groups excluding carboxylic acids is 2. The normalized spacial score (nSPS) is 19.5. The number of benzene rings is 1. The minimum Gasteiger partial charge on any atom is -0.338 e. The molecule has 2 aliphatic rings. The Morgan fingerprint density at radius 2 is 2.14 bits per heavy atom. The number of nitrogens with zero attached hydrogens (tertiary/aromatic N) is 2. The van der Waals surface area contributed by atoms with Crippen LogP contribution >= 0.6 is 11.6 Å². The van der Waals surface area contributed by atoms with Gasteiger partial charge in [0, 0.05) is 37.7 Å². The number of rotatable bonds is 3. The van der Waals surface area contributed by atoms with Gasteiger partial charge in [0.25, 0.3) is 17.4 Å². The summed E-state index contributed by atoms with van der Waals surface area (Å²) in [5.74, 6) is -1.12. The number of likely N-dealkylation sites (tertiary alicyclic amines) is 1. The second-order valence-electron chi connectivity index (χ2n) is 5.40. The minimum atomic E-state index is -2.01. The molecular weight excluding hydrogens is 302 g/mol. The van der Waals surface area contributed by atoms with Gasteiger partial charge in [-0.2, -0.15) is 0 Å². The number of hydrogen-bond acceptors (Lipinski definition) is 2. The summed E-state index contributed by atoms with van der Waals surface area (Å²) in [7, 11) is 0. The molecule has 1 saturated heterocycles. The molecule has 4 nitrogen and oxygen atoms in total. The maximum absolute atomic E-state index is 13.1. The Morgan fingerprint density at radius 3 is 2.81 bits per heavy atom. The van der Waals surface area contributed by atoms with Crippen molar-refractivity contribution in [2.75, 3.05) is 19.6 Å². The molecule has 112 valence electrons. The van der Waals surface area contributed by atoms with E-state index in [0.717, 1.165) is 0 Å². The van der Waals surface area contributed by atoms with Gasteiger partial charge in [-0.05, 0) is 23.8 Å². The second-order valence-corrected chi connectivity index (χ2v) is 5.78. The molecule has 0 bridgehead atoms. The molecule has 7 heteroatoms. The molecular formula is C14H13ClF2N2O2. The monoisotopic (exact) mass is 314 g/mol. The van der Waals surface area contributed by atoms with Crippen molar-refractivity contribution in [3.8, 4) is 0 Å². The molecule has 1 aromatic carbocycles. The first-order valence-corrected chi connectivity index (χ1v) is 7.04. The predicted molar refractivity (Wildman–Crippen MR) is 72.0 cm³/mol. The van der Waals surface area contributed by atoms with E-state index in [1.165, 1.54) is 23.1 Å². The van der Waals surface area contributed by atoms with Crippen LogP contribution in [0, 0.1) is 11.7 Å². The minimum absolute atomic E-state index is 0.104. The largest absolute Gasteiger partial charge is 0.338 e. The summed E-state index contributed by atoms with van der Waals surface area (Å²) in [5, 5.41) is 0. The molecule has 1 aromatic rings. The Balaban J connectivity index is 1.57. The van der Waals surface area contributed by atoms with Crippen LogP contribution < -0.4 is 0 Å². The van der Waals surface area contributed by atoms with E-state index >= 15 is 0 Å². The lowest BCUT2D eigenvalue weighted by molar-refractivity contribution is -0.140. The van der Waals surface area contributed by atoms with Crippen molar-refractivity contribution < 1.29 is 18.4 Å². The van der Waals surface area contributed by atoms with E-state index in [2.05, 4.69) is 0 Å². The Bertz CT molecular complexity index is 603. The van der Waals surface area contributed by atoms with Gasteiger partial charge in [-0.1, -0.05) is 11.6 Å². The molecule has 0 N–H and O–H groups in total. The molecule has 2 heterocycles. The number of hydrogen-bond donors (Lipinski definition) is 0. The van der Waals surface area contributed by atoms with Crippen LogP contribution in [0.5, 0.6) is 0 Å². The summed E-state index contributed by atoms with van der Waals surface area (Å²) in [5.41, 5.74) is -0.809. The lowest BCUT2D eigenvalue weighted by Gasteiger charge is -2.40. The van der Waals surface area contributed by atoms with Gasteiger partial charge in [0.1, 0.15) is 5.82 Å². The van der Waals surface area contributed by atoms with Crippen molar-refractivity contribution in [2.24, 2.45) is 5.92 Å². The number of halogens is 3. The van der Waals surface area contributed by atoms with Gasteiger partial charge in [-0.25, -0.2) is 8.78 Å². The Morgan fingerprint density at radius 1 is 1.43 bits per heavy atom. The zero-order valence-electron chi connectivity index (χ0n) is 11.1. The van der Waals surface area contributed by atoms with Crippen LogP contribution in [0.4, 0.5) is 8.78 Å². The van der Waals surface area contributed by atoms with Gasteiger partial charge in [-0.3, -0.25) is 9.59 Å². The first-order valence-electron chi connectivity index (χ1n) is 6.60. The van der Waals surface area contributed by atoms with Crippen LogP contribution in [0.3, 0.4) is 0 Å². The highest BCUT2D eigenvalue weighted by molar-refractivity contribution is 6.29. The number of alkyl halides is 2. The van der Waals surface area contributed by atoms with Crippen molar-refractivity contribution in [1.29, 1.82) is 0 Å². The number of fused-ring (bicyclic) bond motifs is 1. The first-order chi connectivity index (χ1) is 9.95. The third-order valence-corrected chi connectivity index (χ3v) is 4.07. The highest BCUT2D eigenvalue weighted by Crippen LogP contribution is 2.27. The maximum atomic E-state index is 13.1. The van der Waals surface area contributed by atoms with Gasteiger partial charge in [0.05, 0.1) is 0 Å². The quantitative estimate of drug-likeness (QED) is 0.798. The van der Waals surface area contributed by atoms with Crippen molar-refractivity contribution >= 4 is 23.4 Å². The lowest BCUT2D eigenvalue weighted by atomic mass is 9.99. The summed E-state index contributed by atoms with van der Waals surface area (Å²) in [6.45, 7) is 1.62. The van der Waals surface area contributed by atoms with Gasteiger partial charge in [-0.15, -0.1) is 0 Å². The van der Waals surface area contributed by atoms with Gasteiger partial charge < -0.3 is 9.80 Å². The summed E-state index contributed by atoms with van der Waals surface area (Å²) >= 11 is 5.09. The summed E-state index contributed by atoms with van der Waals surface area (Å²) in [6, 6.07) is 4.13. The van der Waals surface area contributed by atoms with Crippen LogP contribution in [0.1, 0.15) is 15.9 Å². The molecule has 1 fully saturated rings. The summed E-state index contributed by atoms with van der Waals surface area (Å²) in [6.07, 6.45) is 0. The highest BCUT2D eigenvalue weighted by Gasteiger charge is 2.37. The van der Waals surface area contributed by atoms with Crippen molar-refractivity contribution in [3.63, 3.8) is 0 Å². The van der Waals surface area contributed by atoms with E-state index in [0.29, 0.717) is 37.3 Å². The molecule has 0 aromatic heterocycles. The first kappa shape index (κ1) is 14.3. The topological polar surface area (TPSA) is 40.6 Å². The van der Waals surface area contributed by atoms with E-state index in [4.69, 9.17) is 11.6 Å². The zero-order chi connectivity index (χ0) is 15.1. The van der Waals surface area contributed by atoms with Crippen molar-refractivity contribution in [2.45, 2.75) is 12.2 Å². The van der Waals surface area contributed by atoms with E-state index in [1.54, 1.807) is 4.90 Å². The van der Waals surface area contributed by atoms with E-state index in [-0.39, 0.29) is 17.6 Å². The lowest BCUT2D eigenvalue weighted by Crippen LogP contribution is -2.55. The SMILES string of the molecule is O=C1c2ccc(F)cc2CN1CC1CN(C(=O)C(F)Cl)C1. The average Bonchev–Trinajstić information content (AvgIpc) is 2.68. The summed E-state index contributed by atoms with van der Waals surface area (Å²) in [4.78, 5) is 26.4. The molecule has 0 spiro atoms. The molecule has 3 rings (SSSR count).